The number of piperidine rings is 1. The topological polar surface area (TPSA) is 55.3 Å². The third-order valence-electron chi connectivity index (χ3n) is 3.53. The summed E-state index contributed by atoms with van der Waals surface area (Å²) in [6.45, 7) is 5.09. The molecule has 4 heteroatoms. The van der Waals surface area contributed by atoms with Crippen molar-refractivity contribution in [3.8, 4) is 0 Å². The van der Waals surface area contributed by atoms with Crippen LogP contribution in [0.25, 0.3) is 0 Å². The summed E-state index contributed by atoms with van der Waals surface area (Å²) < 4.78 is 5.29. The lowest BCUT2D eigenvalue weighted by atomic mass is 9.97. The van der Waals surface area contributed by atoms with Crippen LogP contribution >= 0.6 is 0 Å². The molecule has 2 N–H and O–H groups in total. The molecule has 2 heterocycles. The van der Waals surface area contributed by atoms with E-state index in [0.717, 1.165) is 24.3 Å². The molecule has 1 unspecified atom stereocenters. The summed E-state index contributed by atoms with van der Waals surface area (Å²) >= 11 is 0. The summed E-state index contributed by atoms with van der Waals surface area (Å²) in [6.07, 6.45) is 6.62. The molecule has 1 aliphatic rings. The number of aromatic nitrogens is 1. The minimum atomic E-state index is 0.525. The average Bonchev–Trinajstić information content (AvgIpc) is 2.77. The molecule has 1 aromatic heterocycles. The zero-order chi connectivity index (χ0) is 11.4. The van der Waals surface area contributed by atoms with Crippen molar-refractivity contribution in [2.24, 2.45) is 5.73 Å². The molecule has 2 rings (SSSR count). The standard InChI is InChI=1S/C12H21N3O/c1-2-15-6-4-3-5-11(15)7-12-10(8-13)9-14-16-12/h9,11H,2-8,13H2,1H3. The van der Waals surface area contributed by atoms with Crippen molar-refractivity contribution in [2.45, 2.75) is 45.2 Å². The molecule has 90 valence electrons. The van der Waals surface area contributed by atoms with E-state index in [9.17, 15) is 0 Å². The molecule has 0 saturated carbocycles. The van der Waals surface area contributed by atoms with E-state index in [1.807, 2.05) is 0 Å². The maximum Gasteiger partial charge on any atom is 0.142 e. The molecule has 0 amide bonds. The number of rotatable bonds is 4. The monoisotopic (exact) mass is 223 g/mol. The summed E-state index contributed by atoms with van der Waals surface area (Å²) in [6, 6.07) is 0.608. The molecule has 1 aromatic rings. The lowest BCUT2D eigenvalue weighted by molar-refractivity contribution is 0.147. The van der Waals surface area contributed by atoms with Crippen LogP contribution in [0.15, 0.2) is 10.7 Å². The largest absolute Gasteiger partial charge is 0.361 e. The summed E-state index contributed by atoms with van der Waals surface area (Å²) in [4.78, 5) is 2.53. The predicted octanol–water partition coefficient (Wildman–Crippen LogP) is 1.55. The van der Waals surface area contributed by atoms with Gasteiger partial charge in [-0.25, -0.2) is 0 Å². The Balaban J connectivity index is 2.02. The average molecular weight is 223 g/mol. The Morgan fingerprint density at radius 3 is 3.19 bits per heavy atom. The van der Waals surface area contributed by atoms with Gasteiger partial charge in [0.25, 0.3) is 0 Å². The van der Waals surface area contributed by atoms with E-state index < -0.39 is 0 Å². The summed E-state index contributed by atoms with van der Waals surface area (Å²) in [7, 11) is 0. The summed E-state index contributed by atoms with van der Waals surface area (Å²) in [5.74, 6) is 0.979. The van der Waals surface area contributed by atoms with E-state index in [0.29, 0.717) is 12.6 Å². The first kappa shape index (κ1) is 11.6. The molecule has 0 aromatic carbocycles. The molecular weight excluding hydrogens is 202 g/mol. The quantitative estimate of drug-likeness (QED) is 0.841. The molecule has 4 nitrogen and oxygen atoms in total. The number of hydrogen-bond acceptors (Lipinski definition) is 4. The highest BCUT2D eigenvalue weighted by atomic mass is 16.5. The fourth-order valence-electron chi connectivity index (χ4n) is 2.54. The van der Waals surface area contributed by atoms with Crippen LogP contribution in [-0.2, 0) is 13.0 Å². The van der Waals surface area contributed by atoms with Crippen molar-refractivity contribution in [3.05, 3.63) is 17.5 Å². The maximum absolute atomic E-state index is 5.65. The Bertz CT molecular complexity index is 324. The van der Waals surface area contributed by atoms with Gasteiger partial charge in [0.15, 0.2) is 0 Å². The maximum atomic E-state index is 5.65. The van der Waals surface area contributed by atoms with Gasteiger partial charge in [-0.1, -0.05) is 18.5 Å². The number of likely N-dealkylation sites (tertiary alicyclic amines) is 1. The van der Waals surface area contributed by atoms with Crippen molar-refractivity contribution in [3.63, 3.8) is 0 Å². The van der Waals surface area contributed by atoms with Crippen LogP contribution in [0.4, 0.5) is 0 Å². The molecule has 1 atom stereocenters. The predicted molar refractivity (Wildman–Crippen MR) is 63.0 cm³/mol. The van der Waals surface area contributed by atoms with E-state index in [1.165, 1.54) is 25.8 Å². The highest BCUT2D eigenvalue weighted by molar-refractivity contribution is 5.14. The molecule has 1 saturated heterocycles. The Hall–Kier alpha value is -0.870. The van der Waals surface area contributed by atoms with Crippen LogP contribution in [0.5, 0.6) is 0 Å². The number of hydrogen-bond donors (Lipinski definition) is 1. The van der Waals surface area contributed by atoms with Gasteiger partial charge in [0.1, 0.15) is 5.76 Å². The van der Waals surface area contributed by atoms with E-state index in [1.54, 1.807) is 6.20 Å². The van der Waals surface area contributed by atoms with E-state index in [-0.39, 0.29) is 0 Å². The molecule has 0 bridgehead atoms. The van der Waals surface area contributed by atoms with Crippen LogP contribution < -0.4 is 5.73 Å². The number of nitrogens with zero attached hydrogens (tertiary/aromatic N) is 2. The Morgan fingerprint density at radius 2 is 2.44 bits per heavy atom. The molecule has 1 fully saturated rings. The smallest absolute Gasteiger partial charge is 0.142 e. The van der Waals surface area contributed by atoms with Crippen LogP contribution in [0.2, 0.25) is 0 Å². The Kier molecular flexibility index (Phi) is 3.96. The summed E-state index contributed by atoms with van der Waals surface area (Å²) in [5, 5.41) is 3.84. The Labute approximate surface area is 96.8 Å². The zero-order valence-electron chi connectivity index (χ0n) is 9.98. The molecular formula is C12H21N3O. The van der Waals surface area contributed by atoms with Gasteiger partial charge in [0, 0.05) is 24.6 Å². The van der Waals surface area contributed by atoms with Crippen molar-refractivity contribution in [1.82, 2.24) is 10.1 Å². The zero-order valence-corrected chi connectivity index (χ0v) is 9.98. The fraction of sp³-hybridized carbons (Fsp3) is 0.750. The molecule has 0 radical (unpaired) electrons. The molecule has 1 aliphatic heterocycles. The van der Waals surface area contributed by atoms with Crippen molar-refractivity contribution < 1.29 is 4.52 Å². The molecule has 0 spiro atoms. The minimum Gasteiger partial charge on any atom is -0.361 e. The van der Waals surface area contributed by atoms with Gasteiger partial charge in [-0.3, -0.25) is 0 Å². The third kappa shape index (κ3) is 2.44. The second-order valence-corrected chi connectivity index (χ2v) is 4.46. The van der Waals surface area contributed by atoms with Crippen molar-refractivity contribution >= 4 is 0 Å². The van der Waals surface area contributed by atoms with Gasteiger partial charge >= 0.3 is 0 Å². The number of likely N-dealkylation sites (N-methyl/N-ethyl adjacent to an activating group) is 1. The SMILES string of the molecule is CCN1CCCCC1Cc1oncc1CN. The molecule has 0 aliphatic carbocycles. The normalized spacial score (nSPS) is 22.5. The molecule has 16 heavy (non-hydrogen) atoms. The lowest BCUT2D eigenvalue weighted by Gasteiger charge is -2.34. The first-order chi connectivity index (χ1) is 7.85. The minimum absolute atomic E-state index is 0.525. The van der Waals surface area contributed by atoms with Crippen molar-refractivity contribution in [1.29, 1.82) is 0 Å². The highest BCUT2D eigenvalue weighted by Gasteiger charge is 2.23. The van der Waals surface area contributed by atoms with Gasteiger partial charge in [0.2, 0.25) is 0 Å². The number of nitrogens with two attached hydrogens (primary N) is 1. The van der Waals surface area contributed by atoms with Gasteiger partial charge < -0.3 is 15.2 Å². The van der Waals surface area contributed by atoms with Crippen molar-refractivity contribution in [2.75, 3.05) is 13.1 Å². The van der Waals surface area contributed by atoms with Gasteiger partial charge in [0.05, 0.1) is 6.20 Å². The summed E-state index contributed by atoms with van der Waals surface area (Å²) in [5.41, 5.74) is 6.71. The highest BCUT2D eigenvalue weighted by Crippen LogP contribution is 2.21. The van der Waals surface area contributed by atoms with E-state index in [4.69, 9.17) is 10.3 Å². The third-order valence-corrected chi connectivity index (χ3v) is 3.53. The second kappa shape index (κ2) is 5.46. The van der Waals surface area contributed by atoms with Crippen LogP contribution in [0, 0.1) is 0 Å². The van der Waals surface area contributed by atoms with Crippen LogP contribution in [0.3, 0.4) is 0 Å². The van der Waals surface area contributed by atoms with Crippen LogP contribution in [-0.4, -0.2) is 29.2 Å². The second-order valence-electron chi connectivity index (χ2n) is 4.46. The lowest BCUT2D eigenvalue weighted by Crippen LogP contribution is -2.40. The van der Waals surface area contributed by atoms with Gasteiger partial charge in [-0.15, -0.1) is 0 Å². The van der Waals surface area contributed by atoms with E-state index in [2.05, 4.69) is 17.0 Å². The first-order valence-electron chi connectivity index (χ1n) is 6.21. The van der Waals surface area contributed by atoms with Gasteiger partial charge in [-0.2, -0.15) is 0 Å². The van der Waals surface area contributed by atoms with Crippen LogP contribution in [0.1, 0.15) is 37.5 Å². The Morgan fingerprint density at radius 1 is 1.56 bits per heavy atom. The first-order valence-corrected chi connectivity index (χ1v) is 6.21. The fourth-order valence-corrected chi connectivity index (χ4v) is 2.54. The van der Waals surface area contributed by atoms with Gasteiger partial charge in [-0.05, 0) is 25.9 Å². The van der Waals surface area contributed by atoms with E-state index >= 15 is 0 Å².